The zero-order chi connectivity index (χ0) is 5.33. The molecule has 2 radical (unpaired) electrons. The van der Waals surface area contributed by atoms with Crippen LogP contribution in [0.5, 0.6) is 0 Å². The van der Waals surface area contributed by atoms with Crippen LogP contribution >= 0.6 is 31.9 Å². The monoisotopic (exact) mass is 252 g/mol. The van der Waals surface area contributed by atoms with E-state index in [1.165, 1.54) is 0 Å². The molecule has 8 heavy (non-hydrogen) atoms. The molecular weight excluding hydrogens is 248 g/mol. The molecule has 1 nitrogen and oxygen atoms in total. The van der Waals surface area contributed by atoms with Gasteiger partial charge in [-0.1, -0.05) is 0 Å². The summed E-state index contributed by atoms with van der Waals surface area (Å²) >= 11 is 6.67. The first-order chi connectivity index (χ1) is 3.21. The van der Waals surface area contributed by atoms with E-state index in [1.807, 2.05) is 0 Å². The molecule has 0 N–H and O–H groups in total. The van der Waals surface area contributed by atoms with Crippen molar-refractivity contribution >= 4 is 54.9 Å². The topological polar surface area (TPSA) is 9.23 Å². The second-order valence-electron chi connectivity index (χ2n) is 1.59. The summed E-state index contributed by atoms with van der Waals surface area (Å²) < 4.78 is 4.99. The van der Waals surface area contributed by atoms with Gasteiger partial charge >= 0.3 is 0 Å². The largest absolute Gasteiger partial charge is 0.354 e. The lowest BCUT2D eigenvalue weighted by atomic mass is 10.4. The van der Waals surface area contributed by atoms with Crippen LogP contribution in [0.1, 0.15) is 12.8 Å². The quantitative estimate of drug-likeness (QED) is 0.473. The van der Waals surface area contributed by atoms with E-state index in [1.54, 1.807) is 0 Å². The summed E-state index contributed by atoms with van der Waals surface area (Å²) in [5, 5.41) is 0. The van der Waals surface area contributed by atoms with E-state index in [4.69, 9.17) is 4.74 Å². The van der Waals surface area contributed by atoms with Crippen LogP contribution in [0.2, 0.25) is 0 Å². The first-order valence-electron chi connectivity index (χ1n) is 2.22. The van der Waals surface area contributed by atoms with Gasteiger partial charge in [-0.25, -0.2) is 0 Å². The van der Waals surface area contributed by atoms with E-state index in [9.17, 15) is 0 Å². The highest BCUT2D eigenvalue weighted by atomic mass is 79.9. The van der Waals surface area contributed by atoms with Gasteiger partial charge in [0.05, 0.1) is 0 Å². The lowest BCUT2D eigenvalue weighted by Crippen LogP contribution is -2.05. The van der Waals surface area contributed by atoms with Crippen molar-refractivity contribution < 1.29 is 4.74 Å². The molecule has 0 unspecified atom stereocenters. The maximum absolute atomic E-state index is 5.17. The summed E-state index contributed by atoms with van der Waals surface area (Å²) in [5.74, 6) is 0. The molecule has 1 heterocycles. The fourth-order valence-electron chi connectivity index (χ4n) is 0.572. The summed E-state index contributed by atoms with van der Waals surface area (Å²) in [4.78, 5) is 0. The molecule has 0 aromatic rings. The lowest BCUT2D eigenvalue weighted by molar-refractivity contribution is 0.160. The van der Waals surface area contributed by atoms with Gasteiger partial charge in [0.1, 0.15) is 0 Å². The number of hydrogen-bond acceptors (Lipinski definition) is 1. The molecular formula is C4H6Br2MgO. The summed E-state index contributed by atoms with van der Waals surface area (Å²) in [6.45, 7) is 0.872. The van der Waals surface area contributed by atoms with Crippen LogP contribution in [0, 0.1) is 0 Å². The Kier molecular flexibility index (Phi) is 4.55. The molecule has 1 aliphatic heterocycles. The third-order valence-electron chi connectivity index (χ3n) is 0.925. The summed E-state index contributed by atoms with van der Waals surface area (Å²) in [5.41, 5.74) is 0. The highest BCUT2D eigenvalue weighted by Crippen LogP contribution is 2.37. The smallest absolute Gasteiger partial charge is 0.177 e. The van der Waals surface area contributed by atoms with Crippen molar-refractivity contribution in [3.8, 4) is 0 Å². The first kappa shape index (κ1) is 9.69. The Hall–Kier alpha value is 1.69. The van der Waals surface area contributed by atoms with Crippen LogP contribution < -0.4 is 0 Å². The zero-order valence-electron chi connectivity index (χ0n) is 4.49. The Bertz CT molecular complexity index is 68.4. The van der Waals surface area contributed by atoms with Gasteiger partial charge in [0.15, 0.2) is 3.42 Å². The van der Waals surface area contributed by atoms with E-state index in [2.05, 4.69) is 31.9 Å². The standard InChI is InChI=1S/C4H6Br2O.Mg/c5-4(6)2-1-3-7-4;/h1-3H2;. The number of ether oxygens (including phenoxy) is 1. The van der Waals surface area contributed by atoms with E-state index in [-0.39, 0.29) is 26.5 Å². The molecule has 0 amide bonds. The highest BCUT2D eigenvalue weighted by molar-refractivity contribution is 9.25. The number of rotatable bonds is 0. The molecule has 0 saturated carbocycles. The van der Waals surface area contributed by atoms with Crippen LogP contribution in [0.4, 0.5) is 0 Å². The molecule has 1 rings (SSSR count). The van der Waals surface area contributed by atoms with Crippen molar-refractivity contribution in [1.82, 2.24) is 0 Å². The molecule has 1 aliphatic rings. The predicted octanol–water partition coefficient (Wildman–Crippen LogP) is 1.86. The van der Waals surface area contributed by atoms with Crippen LogP contribution in [-0.2, 0) is 4.74 Å². The zero-order valence-corrected chi connectivity index (χ0v) is 9.08. The molecule has 0 atom stereocenters. The minimum absolute atomic E-state index is 0. The van der Waals surface area contributed by atoms with Crippen LogP contribution in [0.15, 0.2) is 0 Å². The van der Waals surface area contributed by atoms with Gasteiger partial charge < -0.3 is 4.74 Å². The third kappa shape index (κ3) is 3.01. The summed E-state index contributed by atoms with van der Waals surface area (Å²) in [6, 6.07) is 0. The molecule has 0 aliphatic carbocycles. The van der Waals surface area contributed by atoms with Crippen molar-refractivity contribution in [2.75, 3.05) is 6.61 Å². The van der Waals surface area contributed by atoms with Gasteiger partial charge in [-0.15, -0.1) is 0 Å². The second kappa shape index (κ2) is 3.76. The average Bonchev–Trinajstić information content (AvgIpc) is 1.84. The van der Waals surface area contributed by atoms with Crippen molar-refractivity contribution in [2.45, 2.75) is 16.3 Å². The van der Waals surface area contributed by atoms with Gasteiger partial charge in [0.25, 0.3) is 0 Å². The molecule has 4 heteroatoms. The minimum Gasteiger partial charge on any atom is -0.354 e. The number of halogens is 2. The lowest BCUT2D eigenvalue weighted by Gasteiger charge is -2.08. The first-order valence-corrected chi connectivity index (χ1v) is 3.81. The second-order valence-corrected chi connectivity index (χ2v) is 5.22. The van der Waals surface area contributed by atoms with Crippen molar-refractivity contribution in [3.05, 3.63) is 0 Å². The van der Waals surface area contributed by atoms with Gasteiger partial charge in [-0.05, 0) is 44.7 Å². The Balaban J connectivity index is 0.000000490. The van der Waals surface area contributed by atoms with Gasteiger partial charge in [-0.2, -0.15) is 0 Å². The van der Waals surface area contributed by atoms with E-state index < -0.39 is 0 Å². The van der Waals surface area contributed by atoms with Crippen molar-refractivity contribution in [3.63, 3.8) is 0 Å². The number of hydrogen-bond donors (Lipinski definition) is 0. The average molecular weight is 254 g/mol. The molecule has 0 bridgehead atoms. The molecule has 0 aromatic carbocycles. The van der Waals surface area contributed by atoms with Gasteiger partial charge in [-0.3, -0.25) is 0 Å². The van der Waals surface area contributed by atoms with Crippen LogP contribution in [0.25, 0.3) is 0 Å². The Morgan fingerprint density at radius 1 is 1.38 bits per heavy atom. The Morgan fingerprint density at radius 3 is 2.12 bits per heavy atom. The predicted molar refractivity (Wildman–Crippen MR) is 41.5 cm³/mol. The van der Waals surface area contributed by atoms with Crippen LogP contribution in [0.3, 0.4) is 0 Å². The molecule has 1 saturated heterocycles. The SMILES string of the molecule is BrC1(Br)CCCO1.[Mg]. The van der Waals surface area contributed by atoms with Crippen molar-refractivity contribution in [2.24, 2.45) is 0 Å². The summed E-state index contributed by atoms with van der Waals surface area (Å²) in [7, 11) is 0. The third-order valence-corrected chi connectivity index (χ3v) is 2.18. The Morgan fingerprint density at radius 2 is 2.00 bits per heavy atom. The maximum atomic E-state index is 5.17. The molecule has 0 spiro atoms. The normalized spacial score (nSPS) is 24.8. The minimum atomic E-state index is -0.181. The highest BCUT2D eigenvalue weighted by Gasteiger charge is 2.27. The fraction of sp³-hybridized carbons (Fsp3) is 1.00. The van der Waals surface area contributed by atoms with E-state index in [0.717, 1.165) is 19.4 Å². The molecule has 44 valence electrons. The van der Waals surface area contributed by atoms with Crippen LogP contribution in [-0.4, -0.2) is 33.1 Å². The van der Waals surface area contributed by atoms with Crippen molar-refractivity contribution in [1.29, 1.82) is 0 Å². The maximum Gasteiger partial charge on any atom is 0.177 e. The fourth-order valence-corrected chi connectivity index (χ4v) is 1.46. The van der Waals surface area contributed by atoms with E-state index in [0.29, 0.717) is 0 Å². The summed E-state index contributed by atoms with van der Waals surface area (Å²) in [6.07, 6.45) is 2.21. The van der Waals surface area contributed by atoms with Gasteiger partial charge in [0, 0.05) is 29.7 Å². The Labute approximate surface area is 81.9 Å². The number of alkyl halides is 2. The molecule has 0 aromatic heterocycles. The van der Waals surface area contributed by atoms with E-state index >= 15 is 0 Å². The molecule has 1 fully saturated rings. The van der Waals surface area contributed by atoms with Gasteiger partial charge in [0.2, 0.25) is 0 Å².